The maximum absolute atomic E-state index is 9.26. The molecule has 5 nitrogen and oxygen atoms in total. The molecule has 0 bridgehead atoms. The Morgan fingerprint density at radius 2 is 1.95 bits per heavy atom. The summed E-state index contributed by atoms with van der Waals surface area (Å²) in [4.78, 5) is 0. The van der Waals surface area contributed by atoms with Crippen LogP contribution in [0.3, 0.4) is 0 Å². The molecule has 0 spiro atoms. The van der Waals surface area contributed by atoms with Gasteiger partial charge in [-0.15, -0.1) is 5.10 Å². The average molecular weight is 268 g/mol. The van der Waals surface area contributed by atoms with E-state index in [1.54, 1.807) is 7.11 Å². The van der Waals surface area contributed by atoms with Crippen LogP contribution in [0.5, 0.6) is 5.75 Å². The van der Waals surface area contributed by atoms with E-state index in [2.05, 4.69) is 21.6 Å². The normalized spacial score (nSPS) is 9.95. The first-order valence-electron chi connectivity index (χ1n) is 6.22. The highest BCUT2D eigenvalue weighted by Crippen LogP contribution is 2.25. The number of anilines is 2. The summed E-state index contributed by atoms with van der Waals surface area (Å²) in [6.45, 7) is 5.67. The first-order valence-corrected chi connectivity index (χ1v) is 6.22. The Morgan fingerprint density at radius 3 is 2.55 bits per heavy atom. The van der Waals surface area contributed by atoms with Crippen molar-refractivity contribution in [3.05, 3.63) is 40.6 Å². The van der Waals surface area contributed by atoms with Crippen molar-refractivity contribution in [1.29, 1.82) is 5.26 Å². The molecule has 2 aromatic rings. The van der Waals surface area contributed by atoms with Crippen molar-refractivity contribution in [3.8, 4) is 11.8 Å². The van der Waals surface area contributed by atoms with Gasteiger partial charge in [0.15, 0.2) is 5.82 Å². The van der Waals surface area contributed by atoms with E-state index in [1.807, 2.05) is 39.0 Å². The van der Waals surface area contributed by atoms with Gasteiger partial charge in [-0.05, 0) is 50.1 Å². The van der Waals surface area contributed by atoms with Gasteiger partial charge in [-0.1, -0.05) is 0 Å². The van der Waals surface area contributed by atoms with E-state index < -0.39 is 0 Å². The fraction of sp³-hybridized carbons (Fsp3) is 0.267. The van der Waals surface area contributed by atoms with Crippen LogP contribution in [0.15, 0.2) is 18.2 Å². The first kappa shape index (κ1) is 13.8. The summed E-state index contributed by atoms with van der Waals surface area (Å²) in [5.74, 6) is 1.29. The number of hydrogen-bond acceptors (Lipinski definition) is 5. The van der Waals surface area contributed by atoms with Crippen LogP contribution < -0.4 is 10.1 Å². The molecule has 0 radical (unpaired) electrons. The number of aryl methyl sites for hydroxylation is 2. The molecule has 1 heterocycles. The highest BCUT2D eigenvalue weighted by molar-refractivity contribution is 5.65. The Labute approximate surface area is 118 Å². The number of nitriles is 1. The molecule has 20 heavy (non-hydrogen) atoms. The van der Waals surface area contributed by atoms with Gasteiger partial charge in [0, 0.05) is 5.69 Å². The lowest BCUT2D eigenvalue weighted by molar-refractivity contribution is 0.412. The molecule has 0 atom stereocenters. The van der Waals surface area contributed by atoms with Crippen LogP contribution in [-0.2, 0) is 0 Å². The zero-order chi connectivity index (χ0) is 14.7. The van der Waals surface area contributed by atoms with Crippen molar-refractivity contribution < 1.29 is 4.74 Å². The zero-order valence-corrected chi connectivity index (χ0v) is 12.0. The predicted octanol–water partition coefficient (Wildman–Crippen LogP) is 3.03. The number of nitrogens with one attached hydrogen (secondary N) is 1. The maximum atomic E-state index is 9.26. The van der Waals surface area contributed by atoms with Gasteiger partial charge in [-0.3, -0.25) is 0 Å². The summed E-state index contributed by atoms with van der Waals surface area (Å²) < 4.78 is 5.22. The Balaban J connectivity index is 2.38. The van der Waals surface area contributed by atoms with Gasteiger partial charge in [0.2, 0.25) is 0 Å². The van der Waals surface area contributed by atoms with Crippen molar-refractivity contribution in [2.24, 2.45) is 0 Å². The largest absolute Gasteiger partial charge is 0.496 e. The Hall–Kier alpha value is -2.61. The zero-order valence-electron chi connectivity index (χ0n) is 12.0. The van der Waals surface area contributed by atoms with Gasteiger partial charge in [-0.2, -0.15) is 10.4 Å². The maximum Gasteiger partial charge on any atom is 0.171 e. The third-order valence-corrected chi connectivity index (χ3v) is 3.22. The molecule has 0 fully saturated rings. The van der Waals surface area contributed by atoms with Gasteiger partial charge >= 0.3 is 0 Å². The molecule has 1 N–H and O–H groups in total. The van der Waals surface area contributed by atoms with E-state index in [4.69, 9.17) is 4.74 Å². The average Bonchev–Trinajstić information content (AvgIpc) is 2.43. The van der Waals surface area contributed by atoms with Gasteiger partial charge in [0.05, 0.1) is 12.8 Å². The summed E-state index contributed by atoms with van der Waals surface area (Å²) in [6.07, 6.45) is 0. The smallest absolute Gasteiger partial charge is 0.171 e. The van der Waals surface area contributed by atoms with E-state index in [0.717, 1.165) is 28.3 Å². The van der Waals surface area contributed by atoms with Crippen molar-refractivity contribution in [2.45, 2.75) is 20.8 Å². The Kier molecular flexibility index (Phi) is 3.85. The van der Waals surface area contributed by atoms with Crippen molar-refractivity contribution in [2.75, 3.05) is 12.4 Å². The minimum atomic E-state index is 0.472. The number of benzene rings is 1. The van der Waals surface area contributed by atoms with Crippen molar-refractivity contribution in [3.63, 3.8) is 0 Å². The van der Waals surface area contributed by atoms with E-state index in [0.29, 0.717) is 11.4 Å². The first-order chi connectivity index (χ1) is 9.56. The predicted molar refractivity (Wildman–Crippen MR) is 77.2 cm³/mol. The molecular formula is C15H16N4O. The molecule has 0 saturated carbocycles. The highest BCUT2D eigenvalue weighted by atomic mass is 16.5. The Morgan fingerprint density at radius 1 is 1.20 bits per heavy atom. The second-order valence-corrected chi connectivity index (χ2v) is 4.56. The summed E-state index contributed by atoms with van der Waals surface area (Å²) in [7, 11) is 1.64. The van der Waals surface area contributed by atoms with Crippen LogP contribution in [0.1, 0.15) is 22.4 Å². The molecule has 0 saturated heterocycles. The second kappa shape index (κ2) is 5.57. The monoisotopic (exact) mass is 268 g/mol. The number of rotatable bonds is 3. The van der Waals surface area contributed by atoms with E-state index in [9.17, 15) is 5.26 Å². The summed E-state index contributed by atoms with van der Waals surface area (Å²) in [5, 5.41) is 20.5. The van der Waals surface area contributed by atoms with Crippen LogP contribution in [0.25, 0.3) is 0 Å². The molecule has 1 aromatic heterocycles. The lowest BCUT2D eigenvalue weighted by Gasteiger charge is -2.11. The van der Waals surface area contributed by atoms with Gasteiger partial charge in [0.1, 0.15) is 17.4 Å². The Bertz CT molecular complexity index is 689. The molecule has 1 aromatic carbocycles. The number of methoxy groups -OCH3 is 1. The quantitative estimate of drug-likeness (QED) is 0.926. The van der Waals surface area contributed by atoms with E-state index in [-0.39, 0.29) is 0 Å². The topological polar surface area (TPSA) is 70.8 Å². The van der Waals surface area contributed by atoms with Crippen molar-refractivity contribution >= 4 is 11.5 Å². The van der Waals surface area contributed by atoms with Gasteiger partial charge in [-0.25, -0.2) is 0 Å². The van der Waals surface area contributed by atoms with Crippen molar-refractivity contribution in [1.82, 2.24) is 10.2 Å². The SMILES string of the molecule is COc1ccc(Nc2nnc(C)c(C)c2C#N)cc1C. The summed E-state index contributed by atoms with van der Waals surface area (Å²) in [5.41, 5.74) is 3.98. The summed E-state index contributed by atoms with van der Waals surface area (Å²) in [6, 6.07) is 7.87. The fourth-order valence-corrected chi connectivity index (χ4v) is 1.93. The van der Waals surface area contributed by atoms with Gasteiger partial charge < -0.3 is 10.1 Å². The molecule has 0 aliphatic carbocycles. The van der Waals surface area contributed by atoms with Crippen LogP contribution in [0, 0.1) is 32.1 Å². The summed E-state index contributed by atoms with van der Waals surface area (Å²) >= 11 is 0. The molecule has 0 amide bonds. The number of hydrogen-bond donors (Lipinski definition) is 1. The number of ether oxygens (including phenoxy) is 1. The molecule has 5 heteroatoms. The fourth-order valence-electron chi connectivity index (χ4n) is 1.93. The molecular weight excluding hydrogens is 252 g/mol. The second-order valence-electron chi connectivity index (χ2n) is 4.56. The third kappa shape index (κ3) is 2.54. The van der Waals surface area contributed by atoms with Crippen LogP contribution in [0.2, 0.25) is 0 Å². The lowest BCUT2D eigenvalue weighted by Crippen LogP contribution is -2.03. The third-order valence-electron chi connectivity index (χ3n) is 3.22. The molecule has 0 aliphatic rings. The molecule has 102 valence electrons. The van der Waals surface area contributed by atoms with Crippen LogP contribution in [0.4, 0.5) is 11.5 Å². The highest BCUT2D eigenvalue weighted by Gasteiger charge is 2.11. The molecule has 2 rings (SSSR count). The van der Waals surface area contributed by atoms with Gasteiger partial charge in [0.25, 0.3) is 0 Å². The number of aromatic nitrogens is 2. The number of nitrogens with zero attached hydrogens (tertiary/aromatic N) is 3. The van der Waals surface area contributed by atoms with Crippen LogP contribution >= 0.6 is 0 Å². The minimum Gasteiger partial charge on any atom is -0.496 e. The van der Waals surface area contributed by atoms with E-state index in [1.165, 1.54) is 0 Å². The molecule has 0 aliphatic heterocycles. The van der Waals surface area contributed by atoms with Crippen LogP contribution in [-0.4, -0.2) is 17.3 Å². The lowest BCUT2D eigenvalue weighted by atomic mass is 10.1. The minimum absolute atomic E-state index is 0.472. The standard InChI is InChI=1S/C15H16N4O/c1-9-7-12(5-6-14(9)20-4)17-15-13(8-16)10(2)11(3)18-19-15/h5-7H,1-4H3,(H,17,19). The van der Waals surface area contributed by atoms with E-state index >= 15 is 0 Å². The molecule has 0 unspecified atom stereocenters.